The molecule has 120 valence electrons. The number of nitrogens with one attached hydrogen (secondary N) is 1. The molecule has 3 nitrogen and oxygen atoms in total. The van der Waals surface area contributed by atoms with Crippen LogP contribution in [-0.4, -0.2) is 9.97 Å². The van der Waals surface area contributed by atoms with E-state index >= 15 is 0 Å². The molecule has 5 rings (SSSR count). The highest BCUT2D eigenvalue weighted by Gasteiger charge is 2.18. The van der Waals surface area contributed by atoms with Crippen LogP contribution >= 0.6 is 11.3 Å². The van der Waals surface area contributed by atoms with Crippen molar-refractivity contribution in [2.45, 2.75) is 6.42 Å². The summed E-state index contributed by atoms with van der Waals surface area (Å²) in [6.07, 6.45) is 4.61. The van der Waals surface area contributed by atoms with Crippen molar-refractivity contribution in [2.75, 3.05) is 5.32 Å². The lowest BCUT2D eigenvalue weighted by Gasteiger charge is -2.06. The van der Waals surface area contributed by atoms with Gasteiger partial charge in [-0.05, 0) is 52.9 Å². The number of benzene rings is 2. The van der Waals surface area contributed by atoms with Crippen LogP contribution in [0, 0.1) is 0 Å². The molecule has 2 heterocycles. The molecule has 2 aromatic heterocycles. The van der Waals surface area contributed by atoms with Crippen molar-refractivity contribution in [3.8, 4) is 22.4 Å². The van der Waals surface area contributed by atoms with E-state index in [1.54, 1.807) is 17.5 Å². The first-order valence-electron chi connectivity index (χ1n) is 8.21. The largest absolute Gasteiger partial charge is 0.332 e. The van der Waals surface area contributed by atoms with Gasteiger partial charge in [-0.2, -0.15) is 0 Å². The summed E-state index contributed by atoms with van der Waals surface area (Å²) >= 11 is 1.61. The normalized spacial score (nSPS) is 11.8. The van der Waals surface area contributed by atoms with Crippen molar-refractivity contribution in [3.05, 3.63) is 83.5 Å². The molecular formula is C21H15N3S. The van der Waals surface area contributed by atoms with Gasteiger partial charge in [0.25, 0.3) is 0 Å². The van der Waals surface area contributed by atoms with Crippen molar-refractivity contribution in [1.82, 2.24) is 9.97 Å². The van der Waals surface area contributed by atoms with Gasteiger partial charge in [-0.15, -0.1) is 11.3 Å². The van der Waals surface area contributed by atoms with E-state index in [9.17, 15) is 0 Å². The molecule has 0 atom stereocenters. The van der Waals surface area contributed by atoms with Gasteiger partial charge in [0.05, 0.1) is 5.69 Å². The smallest absolute Gasteiger partial charge is 0.187 e. The Bertz CT molecular complexity index is 1050. The zero-order valence-electron chi connectivity index (χ0n) is 13.4. The summed E-state index contributed by atoms with van der Waals surface area (Å²) in [6, 6.07) is 19.2. The van der Waals surface area contributed by atoms with Crippen LogP contribution < -0.4 is 5.32 Å². The molecule has 2 aromatic carbocycles. The van der Waals surface area contributed by atoms with Gasteiger partial charge in [-0.25, -0.2) is 4.98 Å². The summed E-state index contributed by atoms with van der Waals surface area (Å²) in [7, 11) is 0. The van der Waals surface area contributed by atoms with E-state index in [-0.39, 0.29) is 0 Å². The van der Waals surface area contributed by atoms with E-state index < -0.39 is 0 Å². The minimum atomic E-state index is 0.898. The molecular weight excluding hydrogens is 326 g/mol. The van der Waals surface area contributed by atoms with Crippen molar-refractivity contribution in [2.24, 2.45) is 0 Å². The summed E-state index contributed by atoms with van der Waals surface area (Å²) in [4.78, 5) is 8.83. The summed E-state index contributed by atoms with van der Waals surface area (Å²) in [5.74, 6) is 0. The number of pyridine rings is 1. The van der Waals surface area contributed by atoms with Gasteiger partial charge >= 0.3 is 0 Å². The number of anilines is 2. The lowest BCUT2D eigenvalue weighted by molar-refractivity contribution is 1.26. The Labute approximate surface area is 150 Å². The number of aromatic nitrogens is 2. The maximum atomic E-state index is 4.68. The Morgan fingerprint density at radius 3 is 2.76 bits per heavy atom. The number of fused-ring (bicyclic) bond motifs is 3. The third-order valence-corrected chi connectivity index (χ3v) is 5.26. The zero-order chi connectivity index (χ0) is 16.6. The lowest BCUT2D eigenvalue weighted by Crippen LogP contribution is -1.91. The van der Waals surface area contributed by atoms with E-state index in [0.29, 0.717) is 0 Å². The van der Waals surface area contributed by atoms with Crippen LogP contribution in [0.15, 0.2) is 72.4 Å². The fourth-order valence-corrected chi connectivity index (χ4v) is 4.06. The molecule has 0 saturated carbocycles. The average Bonchev–Trinajstić information content (AvgIpc) is 3.26. The fourth-order valence-electron chi connectivity index (χ4n) is 3.32. The SMILES string of the molecule is c1cncc(-c2csc(Nc3ccc4c(c3)Cc3ccccc3-4)n2)c1. The Morgan fingerprint density at radius 2 is 1.84 bits per heavy atom. The number of hydrogen-bond acceptors (Lipinski definition) is 4. The first-order chi connectivity index (χ1) is 12.4. The number of hydrogen-bond donors (Lipinski definition) is 1. The van der Waals surface area contributed by atoms with E-state index in [1.165, 1.54) is 22.3 Å². The van der Waals surface area contributed by atoms with Gasteiger partial charge < -0.3 is 5.32 Å². The Kier molecular flexibility index (Phi) is 3.35. The minimum Gasteiger partial charge on any atom is -0.332 e. The molecule has 1 aliphatic carbocycles. The average molecular weight is 341 g/mol. The van der Waals surface area contributed by atoms with E-state index in [1.807, 2.05) is 18.3 Å². The fraction of sp³-hybridized carbons (Fsp3) is 0.0476. The van der Waals surface area contributed by atoms with E-state index in [2.05, 4.69) is 63.1 Å². The highest BCUT2D eigenvalue weighted by molar-refractivity contribution is 7.14. The monoisotopic (exact) mass is 341 g/mol. The predicted molar refractivity (Wildman–Crippen MR) is 103 cm³/mol. The molecule has 0 radical (unpaired) electrons. The Morgan fingerprint density at radius 1 is 0.920 bits per heavy atom. The first-order valence-corrected chi connectivity index (χ1v) is 9.09. The van der Waals surface area contributed by atoms with Gasteiger partial charge in [0.15, 0.2) is 5.13 Å². The van der Waals surface area contributed by atoms with Crippen LogP contribution in [-0.2, 0) is 6.42 Å². The third kappa shape index (κ3) is 2.61. The van der Waals surface area contributed by atoms with Gasteiger partial charge in [-0.3, -0.25) is 4.98 Å². The second kappa shape index (κ2) is 5.83. The summed E-state index contributed by atoms with van der Waals surface area (Å²) in [5.41, 5.74) is 8.55. The molecule has 0 saturated heterocycles. The standard InChI is InChI=1S/C21H15N3S/c1-2-6-18-14(4-1)10-16-11-17(7-8-19(16)18)23-21-24-20(13-25-21)15-5-3-9-22-12-15/h1-9,11-13H,10H2,(H,23,24). The molecule has 4 heteroatoms. The third-order valence-electron chi connectivity index (χ3n) is 4.51. The topological polar surface area (TPSA) is 37.8 Å². The molecule has 0 unspecified atom stereocenters. The molecule has 0 amide bonds. The number of nitrogens with zero attached hydrogens (tertiary/aromatic N) is 2. The summed E-state index contributed by atoms with van der Waals surface area (Å²) in [5, 5.41) is 6.39. The highest BCUT2D eigenvalue weighted by Crippen LogP contribution is 2.38. The molecule has 0 bridgehead atoms. The zero-order valence-corrected chi connectivity index (χ0v) is 14.3. The van der Waals surface area contributed by atoms with Gasteiger partial charge in [0.2, 0.25) is 0 Å². The first kappa shape index (κ1) is 14.4. The quantitative estimate of drug-likeness (QED) is 0.469. The van der Waals surface area contributed by atoms with Crippen molar-refractivity contribution < 1.29 is 0 Å². The summed E-state index contributed by atoms with van der Waals surface area (Å²) in [6.45, 7) is 0. The van der Waals surface area contributed by atoms with Crippen LogP contribution in [0.1, 0.15) is 11.1 Å². The number of rotatable bonds is 3. The second-order valence-electron chi connectivity index (χ2n) is 6.11. The lowest BCUT2D eigenvalue weighted by atomic mass is 10.1. The predicted octanol–water partition coefficient (Wildman–Crippen LogP) is 5.52. The number of thiazole rings is 1. The van der Waals surface area contributed by atoms with Crippen LogP contribution in [0.4, 0.5) is 10.8 Å². The highest BCUT2D eigenvalue weighted by atomic mass is 32.1. The molecule has 25 heavy (non-hydrogen) atoms. The van der Waals surface area contributed by atoms with Gasteiger partial charge in [-0.1, -0.05) is 30.3 Å². The maximum absolute atomic E-state index is 4.68. The molecule has 0 fully saturated rings. The molecule has 1 aliphatic rings. The van der Waals surface area contributed by atoms with Gasteiger partial charge in [0, 0.05) is 29.0 Å². The molecule has 4 aromatic rings. The summed E-state index contributed by atoms with van der Waals surface area (Å²) < 4.78 is 0. The Balaban J connectivity index is 1.41. The maximum Gasteiger partial charge on any atom is 0.187 e. The Hall–Kier alpha value is -2.98. The van der Waals surface area contributed by atoms with E-state index in [4.69, 9.17) is 0 Å². The van der Waals surface area contributed by atoms with Crippen LogP contribution in [0.3, 0.4) is 0 Å². The molecule has 0 aliphatic heterocycles. The van der Waals surface area contributed by atoms with Gasteiger partial charge in [0.1, 0.15) is 0 Å². The minimum absolute atomic E-state index is 0.898. The molecule has 0 spiro atoms. The molecule has 1 N–H and O–H groups in total. The van der Waals surface area contributed by atoms with Crippen LogP contribution in [0.5, 0.6) is 0 Å². The van der Waals surface area contributed by atoms with Crippen LogP contribution in [0.2, 0.25) is 0 Å². The van der Waals surface area contributed by atoms with E-state index in [0.717, 1.165) is 28.5 Å². The van der Waals surface area contributed by atoms with Crippen molar-refractivity contribution in [3.63, 3.8) is 0 Å². The van der Waals surface area contributed by atoms with Crippen molar-refractivity contribution in [1.29, 1.82) is 0 Å². The van der Waals surface area contributed by atoms with Crippen molar-refractivity contribution >= 4 is 22.2 Å². The van der Waals surface area contributed by atoms with Crippen LogP contribution in [0.25, 0.3) is 22.4 Å². The second-order valence-corrected chi connectivity index (χ2v) is 6.97.